The van der Waals surface area contributed by atoms with E-state index in [1.807, 2.05) is 33.3 Å². The number of benzene rings is 2. The normalized spacial score (nSPS) is 12.5. The molecule has 2 aromatic heterocycles. The van der Waals surface area contributed by atoms with E-state index in [9.17, 15) is 9.18 Å². The van der Waals surface area contributed by atoms with Crippen molar-refractivity contribution in [2.24, 2.45) is 14.1 Å². The number of likely N-dealkylation sites (N-methyl/N-ethyl adjacent to an activating group) is 1. The van der Waals surface area contributed by atoms with Gasteiger partial charge in [0.2, 0.25) is 0 Å². The summed E-state index contributed by atoms with van der Waals surface area (Å²) < 4.78 is 16.9. The van der Waals surface area contributed by atoms with E-state index < -0.39 is 0 Å². The average molecular weight is 420 g/mol. The Hall–Kier alpha value is -3.45. The zero-order valence-corrected chi connectivity index (χ0v) is 18.1. The largest absolute Gasteiger partial charge is 0.350 e. The molecule has 1 N–H and O–H groups in total. The maximum Gasteiger partial charge on any atom is 0.269 e. The Morgan fingerprint density at radius 2 is 1.84 bits per heavy atom. The molecule has 0 fully saturated rings. The third-order valence-electron chi connectivity index (χ3n) is 5.62. The van der Waals surface area contributed by atoms with Crippen LogP contribution in [0.15, 0.2) is 60.8 Å². The lowest BCUT2D eigenvalue weighted by Crippen LogP contribution is -2.35. The van der Waals surface area contributed by atoms with Crippen molar-refractivity contribution >= 4 is 16.8 Å². The fourth-order valence-corrected chi connectivity index (χ4v) is 3.93. The second-order valence-electron chi connectivity index (χ2n) is 7.95. The third-order valence-corrected chi connectivity index (χ3v) is 5.62. The summed E-state index contributed by atoms with van der Waals surface area (Å²) in [6.07, 6.45) is 2.12. The molecule has 0 bridgehead atoms. The van der Waals surface area contributed by atoms with Gasteiger partial charge in [0, 0.05) is 43.3 Å². The summed E-state index contributed by atoms with van der Waals surface area (Å²) in [4.78, 5) is 15.0. The zero-order chi connectivity index (χ0) is 22.1. The molecule has 0 saturated heterocycles. The maximum atomic E-state index is 13.2. The Kier molecular flexibility index (Phi) is 5.61. The van der Waals surface area contributed by atoms with Crippen LogP contribution in [0.25, 0.3) is 22.2 Å². The molecule has 7 heteroatoms. The molecule has 2 aromatic carbocycles. The van der Waals surface area contributed by atoms with Gasteiger partial charge >= 0.3 is 0 Å². The molecule has 31 heavy (non-hydrogen) atoms. The van der Waals surface area contributed by atoms with E-state index >= 15 is 0 Å². The maximum absolute atomic E-state index is 13.2. The first kappa shape index (κ1) is 20.8. The summed E-state index contributed by atoms with van der Waals surface area (Å²) in [7, 11) is 7.78. The van der Waals surface area contributed by atoms with Crippen molar-refractivity contribution in [2.45, 2.75) is 6.04 Å². The highest BCUT2D eigenvalue weighted by Crippen LogP contribution is 2.28. The van der Waals surface area contributed by atoms with Crippen molar-refractivity contribution in [3.8, 4) is 11.3 Å². The number of rotatable bonds is 6. The number of aryl methyl sites for hydroxylation is 2. The molecule has 0 saturated carbocycles. The van der Waals surface area contributed by atoms with Gasteiger partial charge in [-0.1, -0.05) is 18.2 Å². The van der Waals surface area contributed by atoms with Gasteiger partial charge in [-0.05, 0) is 56.1 Å². The number of carbonyl (C=O) groups excluding carboxylic acids is 1. The topological polar surface area (TPSA) is 55.1 Å². The molecule has 1 amide bonds. The van der Waals surface area contributed by atoms with Crippen LogP contribution in [0.4, 0.5) is 4.39 Å². The van der Waals surface area contributed by atoms with Gasteiger partial charge in [-0.3, -0.25) is 9.48 Å². The molecule has 0 aliphatic heterocycles. The van der Waals surface area contributed by atoms with Crippen molar-refractivity contribution in [2.75, 3.05) is 20.6 Å². The van der Waals surface area contributed by atoms with Gasteiger partial charge in [0.05, 0.1) is 11.7 Å². The van der Waals surface area contributed by atoms with Crippen molar-refractivity contribution < 1.29 is 9.18 Å². The van der Waals surface area contributed by atoms with Crippen molar-refractivity contribution in [1.29, 1.82) is 0 Å². The van der Waals surface area contributed by atoms with Crippen LogP contribution in [-0.4, -0.2) is 45.8 Å². The van der Waals surface area contributed by atoms with Crippen molar-refractivity contribution in [3.05, 3.63) is 77.9 Å². The summed E-state index contributed by atoms with van der Waals surface area (Å²) >= 11 is 0. The molecule has 0 aliphatic rings. The molecule has 6 nitrogen and oxygen atoms in total. The summed E-state index contributed by atoms with van der Waals surface area (Å²) in [6, 6.07) is 16.1. The number of nitrogens with one attached hydrogen (secondary N) is 1. The zero-order valence-electron chi connectivity index (χ0n) is 18.1. The van der Waals surface area contributed by atoms with Gasteiger partial charge in [-0.25, -0.2) is 4.39 Å². The predicted octanol–water partition coefficient (Wildman–Crippen LogP) is 3.75. The monoisotopic (exact) mass is 419 g/mol. The molecule has 2 heterocycles. The Balaban J connectivity index is 1.55. The minimum atomic E-state index is -0.305. The Morgan fingerprint density at radius 3 is 2.55 bits per heavy atom. The van der Waals surface area contributed by atoms with Gasteiger partial charge in [0.15, 0.2) is 0 Å². The predicted molar refractivity (Wildman–Crippen MR) is 120 cm³/mol. The number of nitrogens with zero attached hydrogens (tertiary/aromatic N) is 4. The van der Waals surface area contributed by atoms with Crippen LogP contribution in [0.3, 0.4) is 0 Å². The highest BCUT2D eigenvalue weighted by atomic mass is 19.1. The lowest BCUT2D eigenvalue weighted by Gasteiger charge is -2.24. The fraction of sp³-hybridized carbons (Fsp3) is 0.250. The van der Waals surface area contributed by atoms with E-state index in [0.717, 1.165) is 11.1 Å². The van der Waals surface area contributed by atoms with Crippen molar-refractivity contribution in [1.82, 2.24) is 24.6 Å². The van der Waals surface area contributed by atoms with E-state index in [2.05, 4.69) is 38.2 Å². The molecule has 4 rings (SSSR count). The molecular weight excluding hydrogens is 393 g/mol. The number of fused-ring (bicyclic) bond motifs is 1. The van der Waals surface area contributed by atoms with Gasteiger partial charge in [-0.2, -0.15) is 5.10 Å². The minimum absolute atomic E-state index is 0.0137. The van der Waals surface area contributed by atoms with E-state index in [4.69, 9.17) is 0 Å². The third kappa shape index (κ3) is 4.09. The fourth-order valence-electron chi connectivity index (χ4n) is 3.93. The molecule has 0 spiro atoms. The van der Waals surface area contributed by atoms with Crippen LogP contribution in [0, 0.1) is 5.82 Å². The molecule has 0 aliphatic carbocycles. The van der Waals surface area contributed by atoms with Crippen LogP contribution in [0.5, 0.6) is 0 Å². The lowest BCUT2D eigenvalue weighted by molar-refractivity contribution is 0.0932. The number of halogens is 1. The molecule has 1 atom stereocenters. The van der Waals surface area contributed by atoms with E-state index in [1.165, 1.54) is 23.1 Å². The lowest BCUT2D eigenvalue weighted by atomic mass is 10.0. The van der Waals surface area contributed by atoms with Crippen LogP contribution in [-0.2, 0) is 14.1 Å². The summed E-state index contributed by atoms with van der Waals surface area (Å²) in [5.41, 5.74) is 4.17. The summed E-state index contributed by atoms with van der Waals surface area (Å²) in [6.45, 7) is 0.455. The van der Waals surface area contributed by atoms with Gasteiger partial charge in [0.25, 0.3) is 5.91 Å². The summed E-state index contributed by atoms with van der Waals surface area (Å²) in [5, 5.41) is 8.65. The Morgan fingerprint density at radius 1 is 1.13 bits per heavy atom. The van der Waals surface area contributed by atoms with Gasteiger partial charge in [0.1, 0.15) is 11.5 Å². The number of para-hydroxylation sites is 1. The van der Waals surface area contributed by atoms with Crippen molar-refractivity contribution in [3.63, 3.8) is 0 Å². The quantitative estimate of drug-likeness (QED) is 0.518. The Labute approximate surface area is 180 Å². The second kappa shape index (κ2) is 8.35. The van der Waals surface area contributed by atoms with Crippen LogP contribution < -0.4 is 5.32 Å². The standard InChI is InChI=1S/C24H26FN5O/c1-28(2)23(19-15-29(3)21-8-6-5-7-18(19)21)14-26-24(31)22-13-20(27-30(22)4)16-9-11-17(25)12-10-16/h5-13,15,23H,14H2,1-4H3,(H,26,31)/t23-/m0/s1. The molecule has 4 aromatic rings. The van der Waals surface area contributed by atoms with E-state index in [0.29, 0.717) is 17.9 Å². The number of hydrogen-bond donors (Lipinski definition) is 1. The van der Waals surface area contributed by atoms with E-state index in [-0.39, 0.29) is 17.8 Å². The first-order valence-corrected chi connectivity index (χ1v) is 10.1. The number of amides is 1. The minimum Gasteiger partial charge on any atom is -0.350 e. The highest BCUT2D eigenvalue weighted by molar-refractivity contribution is 5.93. The number of hydrogen-bond acceptors (Lipinski definition) is 3. The smallest absolute Gasteiger partial charge is 0.269 e. The molecular formula is C24H26FN5O. The molecule has 160 valence electrons. The average Bonchev–Trinajstić information content (AvgIpc) is 3.29. The Bertz CT molecular complexity index is 1220. The molecule has 0 radical (unpaired) electrons. The summed E-state index contributed by atoms with van der Waals surface area (Å²) in [5.74, 6) is -0.503. The van der Waals surface area contributed by atoms with Gasteiger partial charge in [-0.15, -0.1) is 0 Å². The van der Waals surface area contributed by atoms with Crippen LogP contribution >= 0.6 is 0 Å². The first-order chi connectivity index (χ1) is 14.8. The van der Waals surface area contributed by atoms with E-state index in [1.54, 1.807) is 29.9 Å². The SMILES string of the molecule is CN(C)[C@@H](CNC(=O)c1cc(-c2ccc(F)cc2)nn1C)c1cn(C)c2ccccc12. The number of aromatic nitrogens is 3. The van der Waals surface area contributed by atoms with Crippen LogP contribution in [0.1, 0.15) is 22.1 Å². The number of carbonyl (C=O) groups is 1. The second-order valence-corrected chi connectivity index (χ2v) is 7.95. The molecule has 0 unspecified atom stereocenters. The first-order valence-electron chi connectivity index (χ1n) is 10.1. The highest BCUT2D eigenvalue weighted by Gasteiger charge is 2.21. The van der Waals surface area contributed by atoms with Crippen LogP contribution in [0.2, 0.25) is 0 Å². The van der Waals surface area contributed by atoms with Gasteiger partial charge < -0.3 is 14.8 Å².